The third kappa shape index (κ3) is 5.84. The summed E-state index contributed by atoms with van der Waals surface area (Å²) in [6.07, 6.45) is 4.27. The smallest absolute Gasteiger partial charge is 0.239 e. The van der Waals surface area contributed by atoms with Gasteiger partial charge in [-0.15, -0.1) is 0 Å². The van der Waals surface area contributed by atoms with Crippen molar-refractivity contribution in [2.45, 2.75) is 6.54 Å². The van der Waals surface area contributed by atoms with Gasteiger partial charge in [-0.25, -0.2) is 8.42 Å². The second-order valence-electron chi connectivity index (χ2n) is 5.88. The van der Waals surface area contributed by atoms with E-state index in [-0.39, 0.29) is 13.1 Å². The van der Waals surface area contributed by atoms with Gasteiger partial charge in [0, 0.05) is 44.4 Å². The van der Waals surface area contributed by atoms with E-state index in [1.165, 1.54) is 0 Å². The second kappa shape index (κ2) is 8.09. The van der Waals surface area contributed by atoms with Crippen molar-refractivity contribution in [3.63, 3.8) is 0 Å². The lowest BCUT2D eigenvalue weighted by molar-refractivity contribution is -0.116. The first-order valence-electron chi connectivity index (χ1n) is 7.67. The highest BCUT2D eigenvalue weighted by Crippen LogP contribution is 2.16. The van der Waals surface area contributed by atoms with E-state index in [1.54, 1.807) is 36.7 Å². The van der Waals surface area contributed by atoms with Crippen LogP contribution in [-0.2, 0) is 21.4 Å². The van der Waals surface area contributed by atoms with Crippen LogP contribution >= 0.6 is 0 Å². The van der Waals surface area contributed by atoms with Gasteiger partial charge in [-0.1, -0.05) is 6.07 Å². The van der Waals surface area contributed by atoms with Crippen molar-refractivity contribution in [3.8, 4) is 0 Å². The molecule has 2 rings (SSSR count). The number of amides is 1. The molecule has 0 radical (unpaired) electrons. The molecular formula is C17H22N4O3S. The Bertz CT molecular complexity index is 806. The van der Waals surface area contributed by atoms with Crippen LogP contribution in [0.2, 0.25) is 0 Å². The standard InChI is InChI=1S/C17H22N4O3S/c1-20(2)16-8-6-15(7-9-16)19-17(22)13-21(25(3,23)24)12-14-5-4-10-18-11-14/h4-11H,12-13H2,1-3H3,(H,19,22). The molecule has 0 saturated heterocycles. The van der Waals surface area contributed by atoms with Crippen LogP contribution in [0.1, 0.15) is 5.56 Å². The molecule has 0 aliphatic heterocycles. The molecule has 134 valence electrons. The summed E-state index contributed by atoms with van der Waals surface area (Å²) in [4.78, 5) is 18.1. The Morgan fingerprint density at radius 2 is 1.84 bits per heavy atom. The predicted octanol–water partition coefficient (Wildman–Crippen LogP) is 1.55. The van der Waals surface area contributed by atoms with E-state index in [9.17, 15) is 13.2 Å². The van der Waals surface area contributed by atoms with Crippen LogP contribution < -0.4 is 10.2 Å². The highest BCUT2D eigenvalue weighted by atomic mass is 32.2. The van der Waals surface area contributed by atoms with Crippen LogP contribution in [0.5, 0.6) is 0 Å². The molecule has 1 amide bonds. The van der Waals surface area contributed by atoms with Gasteiger partial charge in [0.1, 0.15) is 0 Å². The lowest BCUT2D eigenvalue weighted by atomic mass is 10.2. The van der Waals surface area contributed by atoms with Crippen molar-refractivity contribution in [1.82, 2.24) is 9.29 Å². The van der Waals surface area contributed by atoms with Crippen LogP contribution in [0.4, 0.5) is 11.4 Å². The number of pyridine rings is 1. The SMILES string of the molecule is CN(C)c1ccc(NC(=O)CN(Cc2cccnc2)S(C)(=O)=O)cc1. The largest absolute Gasteiger partial charge is 0.378 e. The number of hydrogen-bond donors (Lipinski definition) is 1. The first kappa shape index (κ1) is 18.9. The Kier molecular flexibility index (Phi) is 6.11. The van der Waals surface area contributed by atoms with Crippen LogP contribution in [0.25, 0.3) is 0 Å². The van der Waals surface area contributed by atoms with E-state index in [2.05, 4.69) is 10.3 Å². The average molecular weight is 362 g/mol. The zero-order valence-electron chi connectivity index (χ0n) is 14.5. The number of sulfonamides is 1. The molecule has 7 nitrogen and oxygen atoms in total. The normalized spacial score (nSPS) is 11.4. The summed E-state index contributed by atoms with van der Waals surface area (Å²) in [5, 5.41) is 2.72. The zero-order valence-corrected chi connectivity index (χ0v) is 15.3. The van der Waals surface area contributed by atoms with Crippen molar-refractivity contribution in [2.24, 2.45) is 0 Å². The molecule has 0 fully saturated rings. The lowest BCUT2D eigenvalue weighted by Crippen LogP contribution is -2.36. The highest BCUT2D eigenvalue weighted by Gasteiger charge is 2.20. The first-order valence-corrected chi connectivity index (χ1v) is 9.52. The molecule has 0 bridgehead atoms. The zero-order chi connectivity index (χ0) is 18.4. The molecule has 0 aliphatic carbocycles. The second-order valence-corrected chi connectivity index (χ2v) is 7.86. The quantitative estimate of drug-likeness (QED) is 0.808. The Balaban J connectivity index is 2.04. The number of carbonyl (C=O) groups excluding carboxylic acids is 1. The van der Waals surface area contributed by atoms with Crippen LogP contribution in [0, 0.1) is 0 Å². The molecule has 0 saturated carbocycles. The Morgan fingerprint density at radius 3 is 2.36 bits per heavy atom. The molecule has 2 aromatic rings. The molecule has 0 unspecified atom stereocenters. The monoisotopic (exact) mass is 362 g/mol. The van der Waals surface area contributed by atoms with Gasteiger partial charge in [0.2, 0.25) is 15.9 Å². The Hall–Kier alpha value is -2.45. The molecule has 25 heavy (non-hydrogen) atoms. The number of rotatable bonds is 7. The molecule has 1 aromatic carbocycles. The maximum absolute atomic E-state index is 12.2. The average Bonchev–Trinajstić information content (AvgIpc) is 2.55. The van der Waals surface area contributed by atoms with Gasteiger partial charge < -0.3 is 10.2 Å². The Labute approximate surface area is 148 Å². The number of carbonyl (C=O) groups is 1. The fraction of sp³-hybridized carbons (Fsp3) is 0.294. The molecule has 0 spiro atoms. The minimum absolute atomic E-state index is 0.0969. The lowest BCUT2D eigenvalue weighted by Gasteiger charge is -2.19. The number of nitrogens with one attached hydrogen (secondary N) is 1. The summed E-state index contributed by atoms with van der Waals surface area (Å²) in [5.41, 5.74) is 2.34. The fourth-order valence-corrected chi connectivity index (χ4v) is 2.92. The van der Waals surface area contributed by atoms with Gasteiger partial charge in [0.05, 0.1) is 12.8 Å². The molecule has 1 N–H and O–H groups in total. The maximum atomic E-state index is 12.2. The third-order valence-electron chi connectivity index (χ3n) is 3.54. The van der Waals surface area contributed by atoms with E-state index in [0.717, 1.165) is 21.8 Å². The summed E-state index contributed by atoms with van der Waals surface area (Å²) >= 11 is 0. The van der Waals surface area contributed by atoms with Crippen LogP contribution in [0.3, 0.4) is 0 Å². The van der Waals surface area contributed by atoms with E-state index < -0.39 is 15.9 Å². The summed E-state index contributed by atoms with van der Waals surface area (Å²) < 4.78 is 25.0. The van der Waals surface area contributed by atoms with Crippen molar-refractivity contribution < 1.29 is 13.2 Å². The summed E-state index contributed by atoms with van der Waals surface area (Å²) in [6.45, 7) is -0.164. The predicted molar refractivity (Wildman–Crippen MR) is 98.9 cm³/mol. The van der Waals surface area contributed by atoms with Crippen molar-refractivity contribution in [2.75, 3.05) is 37.1 Å². The van der Waals surface area contributed by atoms with Gasteiger partial charge in [-0.05, 0) is 35.9 Å². The van der Waals surface area contributed by atoms with Gasteiger partial charge >= 0.3 is 0 Å². The first-order chi connectivity index (χ1) is 11.8. The van der Waals surface area contributed by atoms with E-state index in [1.807, 2.05) is 31.1 Å². The van der Waals surface area contributed by atoms with Gasteiger partial charge in [0.15, 0.2) is 0 Å². The van der Waals surface area contributed by atoms with Crippen molar-refractivity contribution in [3.05, 3.63) is 54.4 Å². The summed E-state index contributed by atoms with van der Waals surface area (Å²) in [5.74, 6) is -0.396. The minimum atomic E-state index is -3.53. The molecule has 1 heterocycles. The van der Waals surface area contributed by atoms with Crippen molar-refractivity contribution in [1.29, 1.82) is 0 Å². The van der Waals surface area contributed by atoms with E-state index >= 15 is 0 Å². The molecule has 8 heteroatoms. The minimum Gasteiger partial charge on any atom is -0.378 e. The summed E-state index contributed by atoms with van der Waals surface area (Å²) in [7, 11) is 0.323. The highest BCUT2D eigenvalue weighted by molar-refractivity contribution is 7.88. The molecule has 0 atom stereocenters. The van der Waals surface area contributed by atoms with E-state index in [4.69, 9.17) is 0 Å². The topological polar surface area (TPSA) is 82.6 Å². The maximum Gasteiger partial charge on any atom is 0.239 e. The fourth-order valence-electron chi connectivity index (χ4n) is 2.19. The third-order valence-corrected chi connectivity index (χ3v) is 4.73. The van der Waals surface area contributed by atoms with Gasteiger partial charge in [0.25, 0.3) is 0 Å². The van der Waals surface area contributed by atoms with Crippen LogP contribution in [-0.4, -0.2) is 50.5 Å². The molecule has 1 aromatic heterocycles. The number of benzene rings is 1. The molecule has 0 aliphatic rings. The Morgan fingerprint density at radius 1 is 1.16 bits per heavy atom. The van der Waals surface area contributed by atoms with Gasteiger partial charge in [-0.3, -0.25) is 9.78 Å². The van der Waals surface area contributed by atoms with E-state index in [0.29, 0.717) is 5.69 Å². The summed E-state index contributed by atoms with van der Waals surface area (Å²) in [6, 6.07) is 10.8. The number of nitrogens with zero attached hydrogens (tertiary/aromatic N) is 3. The number of aromatic nitrogens is 1. The number of anilines is 2. The van der Waals surface area contributed by atoms with Gasteiger partial charge in [-0.2, -0.15) is 4.31 Å². The number of hydrogen-bond acceptors (Lipinski definition) is 5. The van der Waals surface area contributed by atoms with Crippen LogP contribution in [0.15, 0.2) is 48.8 Å². The molecular weight excluding hydrogens is 340 g/mol. The van der Waals surface area contributed by atoms with Crippen molar-refractivity contribution >= 4 is 27.3 Å².